The van der Waals surface area contributed by atoms with Gasteiger partial charge in [0.15, 0.2) is 6.29 Å². The van der Waals surface area contributed by atoms with Gasteiger partial charge in [0.2, 0.25) is 10.2 Å². The van der Waals surface area contributed by atoms with Gasteiger partial charge in [0, 0.05) is 5.56 Å². The van der Waals surface area contributed by atoms with Crippen molar-refractivity contribution in [3.8, 4) is 0 Å². The molecule has 0 aliphatic carbocycles. The summed E-state index contributed by atoms with van der Waals surface area (Å²) in [7, 11) is 0. The van der Waals surface area contributed by atoms with Crippen LogP contribution < -0.4 is 5.32 Å². The van der Waals surface area contributed by atoms with E-state index in [1.807, 2.05) is 18.2 Å². The van der Waals surface area contributed by atoms with Crippen molar-refractivity contribution in [1.82, 2.24) is 5.32 Å². The molecular weight excluding hydrogens is 428 g/mol. The molecule has 1 aromatic carbocycles. The van der Waals surface area contributed by atoms with Crippen LogP contribution in [0.25, 0.3) is 0 Å². The lowest BCUT2D eigenvalue weighted by Crippen LogP contribution is -2.65. The topological polar surface area (TPSA) is 86.3 Å². The Morgan fingerprint density at radius 3 is 2.67 bits per heavy atom. The molecule has 0 unspecified atom stereocenters. The predicted octanol–water partition coefficient (Wildman–Crippen LogP) is 2.62. The van der Waals surface area contributed by atoms with E-state index >= 15 is 0 Å². The largest absolute Gasteiger partial charge is 0.445 e. The molecule has 6 atom stereocenters. The molecular formula is C16H17Cl3FNO6. The molecule has 1 amide bonds. The van der Waals surface area contributed by atoms with Crippen molar-refractivity contribution >= 4 is 40.9 Å². The summed E-state index contributed by atoms with van der Waals surface area (Å²) in [5, 5.41) is 12.7. The van der Waals surface area contributed by atoms with Gasteiger partial charge in [-0.15, -0.1) is 0 Å². The van der Waals surface area contributed by atoms with Crippen molar-refractivity contribution in [2.24, 2.45) is 0 Å². The number of alkyl halides is 4. The van der Waals surface area contributed by atoms with Gasteiger partial charge in [-0.2, -0.15) is 0 Å². The number of aliphatic hydroxyl groups excluding tert-OH is 1. The highest BCUT2D eigenvalue weighted by molar-refractivity contribution is 6.67. The predicted molar refractivity (Wildman–Crippen MR) is 94.3 cm³/mol. The van der Waals surface area contributed by atoms with Gasteiger partial charge in [0.1, 0.15) is 31.0 Å². The highest BCUT2D eigenvalue weighted by atomic mass is 35.6. The van der Waals surface area contributed by atoms with Crippen LogP contribution in [0.3, 0.4) is 0 Å². The van der Waals surface area contributed by atoms with Crippen LogP contribution in [0, 0.1) is 0 Å². The Hall–Kier alpha value is -0.870. The van der Waals surface area contributed by atoms with E-state index < -0.39 is 53.5 Å². The van der Waals surface area contributed by atoms with E-state index in [4.69, 9.17) is 49.0 Å². The van der Waals surface area contributed by atoms with Gasteiger partial charge >= 0.3 is 6.09 Å². The summed E-state index contributed by atoms with van der Waals surface area (Å²) >= 11 is 16.5. The quantitative estimate of drug-likeness (QED) is 0.697. The Morgan fingerprint density at radius 2 is 2.00 bits per heavy atom. The monoisotopic (exact) mass is 443 g/mol. The Bertz CT molecular complexity index is 649. The number of hydrogen-bond acceptors (Lipinski definition) is 6. The lowest BCUT2D eigenvalue weighted by Gasteiger charge is -2.45. The van der Waals surface area contributed by atoms with Gasteiger partial charge in [-0.25, -0.2) is 9.18 Å². The van der Waals surface area contributed by atoms with Crippen molar-refractivity contribution in [1.29, 1.82) is 0 Å². The number of carbonyl (C=O) groups excluding carboxylic acids is 1. The number of alkyl carbamates (subject to hydrolysis) is 1. The lowest BCUT2D eigenvalue weighted by atomic mass is 9.96. The zero-order valence-electron chi connectivity index (χ0n) is 13.8. The van der Waals surface area contributed by atoms with Crippen molar-refractivity contribution in [3.05, 3.63) is 35.9 Å². The molecule has 0 bridgehead atoms. The van der Waals surface area contributed by atoms with Crippen LogP contribution in [-0.4, -0.2) is 58.9 Å². The van der Waals surface area contributed by atoms with Crippen LogP contribution in [0.4, 0.5) is 9.18 Å². The van der Waals surface area contributed by atoms with Gasteiger partial charge in [0.05, 0.1) is 6.61 Å². The molecule has 1 aromatic rings. The molecule has 2 aliphatic heterocycles. The maximum absolute atomic E-state index is 14.3. The molecule has 0 saturated carbocycles. The van der Waals surface area contributed by atoms with Gasteiger partial charge < -0.3 is 29.4 Å². The van der Waals surface area contributed by atoms with Crippen LogP contribution in [0.2, 0.25) is 0 Å². The fourth-order valence-electron chi connectivity index (χ4n) is 2.84. The standard InChI is InChI=1S/C16H17Cl3FNO6/c17-16(18,19)7-25-15(23)21-10-11(22)12-9(26-13(10)20)6-24-14(27-12)8-4-2-1-3-5-8/h1-5,9-14,22H,6-7H2,(H,21,23)/t9-,10-,11-,12+,13+,14+/m1/s1. The Labute approximate surface area is 169 Å². The molecule has 7 nitrogen and oxygen atoms in total. The van der Waals surface area contributed by atoms with Crippen molar-refractivity contribution in [3.63, 3.8) is 0 Å². The average molecular weight is 445 g/mol. The second kappa shape index (κ2) is 8.65. The van der Waals surface area contributed by atoms with E-state index in [0.29, 0.717) is 0 Å². The van der Waals surface area contributed by atoms with Crippen molar-refractivity contribution in [2.75, 3.05) is 13.2 Å². The molecule has 2 heterocycles. The first-order chi connectivity index (χ1) is 12.7. The molecule has 2 N–H and O–H groups in total. The fraction of sp³-hybridized carbons (Fsp3) is 0.562. The molecule has 11 heteroatoms. The third kappa shape index (κ3) is 5.35. The van der Waals surface area contributed by atoms with Gasteiger partial charge in [-0.05, 0) is 0 Å². The van der Waals surface area contributed by atoms with Gasteiger partial charge in [-0.3, -0.25) is 0 Å². The maximum Gasteiger partial charge on any atom is 0.407 e. The SMILES string of the molecule is O=C(N[C@@H]1[C@@H](O)[C@H]2O[C@@H](c3ccccc3)OC[C@H]2O[C@@H]1F)OCC(Cl)(Cl)Cl. The zero-order valence-corrected chi connectivity index (χ0v) is 16.0. The Morgan fingerprint density at radius 1 is 1.30 bits per heavy atom. The molecule has 2 aliphatic rings. The summed E-state index contributed by atoms with van der Waals surface area (Å²) in [5.74, 6) is 0. The van der Waals surface area contributed by atoms with Crippen LogP contribution in [0.1, 0.15) is 11.9 Å². The molecule has 0 aromatic heterocycles. The number of hydrogen-bond donors (Lipinski definition) is 2. The van der Waals surface area contributed by atoms with Crippen LogP contribution in [0.5, 0.6) is 0 Å². The first kappa shape index (κ1) is 20.9. The summed E-state index contributed by atoms with van der Waals surface area (Å²) in [4.78, 5) is 11.8. The van der Waals surface area contributed by atoms with Gasteiger partial charge in [0.25, 0.3) is 0 Å². The van der Waals surface area contributed by atoms with Crippen molar-refractivity contribution < 1.29 is 33.2 Å². The molecule has 2 fully saturated rings. The summed E-state index contributed by atoms with van der Waals surface area (Å²) < 4.78 is 33.6. The minimum atomic E-state index is -2.00. The normalized spacial score (nSPS) is 33.8. The number of amides is 1. The average Bonchev–Trinajstić information content (AvgIpc) is 2.63. The highest BCUT2D eigenvalue weighted by Crippen LogP contribution is 2.34. The van der Waals surface area contributed by atoms with Crippen LogP contribution in [0.15, 0.2) is 30.3 Å². The lowest BCUT2D eigenvalue weighted by molar-refractivity contribution is -0.327. The van der Waals surface area contributed by atoms with E-state index in [1.54, 1.807) is 12.1 Å². The fourth-order valence-corrected chi connectivity index (χ4v) is 3.00. The second-order valence-electron chi connectivity index (χ2n) is 6.05. The van der Waals surface area contributed by atoms with Gasteiger partial charge in [-0.1, -0.05) is 65.1 Å². The zero-order chi connectivity index (χ0) is 19.6. The molecule has 0 spiro atoms. The first-order valence-electron chi connectivity index (χ1n) is 8.04. The highest BCUT2D eigenvalue weighted by Gasteiger charge is 2.50. The molecule has 2 saturated heterocycles. The number of fused-ring (bicyclic) bond motifs is 1. The van der Waals surface area contributed by atoms with Crippen LogP contribution in [-0.2, 0) is 18.9 Å². The third-order valence-electron chi connectivity index (χ3n) is 4.07. The Balaban J connectivity index is 1.63. The molecule has 0 radical (unpaired) electrons. The molecule has 150 valence electrons. The summed E-state index contributed by atoms with van der Waals surface area (Å²) in [6.07, 6.45) is -6.98. The number of nitrogens with one attached hydrogen (secondary N) is 1. The van der Waals surface area contributed by atoms with E-state index in [2.05, 4.69) is 10.1 Å². The number of carbonyl (C=O) groups is 1. The minimum absolute atomic E-state index is 0.0200. The second-order valence-corrected chi connectivity index (χ2v) is 8.57. The van der Waals surface area contributed by atoms with E-state index in [-0.39, 0.29) is 6.61 Å². The van der Waals surface area contributed by atoms with Crippen molar-refractivity contribution in [2.45, 2.75) is 40.8 Å². The number of ether oxygens (including phenoxy) is 4. The summed E-state index contributed by atoms with van der Waals surface area (Å²) in [5.41, 5.74) is 0.733. The summed E-state index contributed by atoms with van der Waals surface area (Å²) in [6, 6.07) is 7.62. The third-order valence-corrected chi connectivity index (χ3v) is 4.40. The molecule has 3 rings (SSSR count). The summed E-state index contributed by atoms with van der Waals surface area (Å²) in [6.45, 7) is -0.525. The first-order valence-corrected chi connectivity index (χ1v) is 9.17. The number of halogens is 4. The van der Waals surface area contributed by atoms with E-state index in [1.165, 1.54) is 0 Å². The number of rotatable bonds is 3. The van der Waals surface area contributed by atoms with E-state index in [9.17, 15) is 14.3 Å². The van der Waals surface area contributed by atoms with Crippen LogP contribution >= 0.6 is 34.8 Å². The minimum Gasteiger partial charge on any atom is -0.445 e. The maximum atomic E-state index is 14.3. The molecule has 27 heavy (non-hydrogen) atoms. The Kier molecular flexibility index (Phi) is 6.68. The van der Waals surface area contributed by atoms with E-state index in [0.717, 1.165) is 5.56 Å². The smallest absolute Gasteiger partial charge is 0.407 e. The number of benzene rings is 1. The number of aliphatic hydroxyl groups is 1.